The summed E-state index contributed by atoms with van der Waals surface area (Å²) in [6, 6.07) is 3.51. The molecule has 0 aliphatic carbocycles. The molecular formula is C21H36N4O4. The Labute approximate surface area is 173 Å². The first-order chi connectivity index (χ1) is 13.6. The number of nitrogens with zero attached hydrogens (tertiary/aromatic N) is 2. The predicted octanol–water partition coefficient (Wildman–Crippen LogP) is 2.83. The average molecular weight is 409 g/mol. The van der Waals surface area contributed by atoms with Crippen LogP contribution in [0.5, 0.6) is 0 Å². The number of amides is 1. The summed E-state index contributed by atoms with van der Waals surface area (Å²) in [7, 11) is 0. The third-order valence-corrected chi connectivity index (χ3v) is 4.70. The molecule has 8 heteroatoms. The van der Waals surface area contributed by atoms with E-state index in [1.807, 2.05) is 32.6 Å². The number of nitrogens with one attached hydrogen (secondary N) is 2. The smallest absolute Gasteiger partial charge is 0.410 e. The topological polar surface area (TPSA) is 99.3 Å². The molecule has 2 rings (SSSR count). The van der Waals surface area contributed by atoms with Crippen molar-refractivity contribution < 1.29 is 19.1 Å². The Morgan fingerprint density at radius 3 is 2.72 bits per heavy atom. The van der Waals surface area contributed by atoms with Gasteiger partial charge >= 0.3 is 6.09 Å². The molecule has 1 amide bonds. The van der Waals surface area contributed by atoms with Crippen LogP contribution in [0, 0.1) is 0 Å². The normalized spacial score (nSPS) is 20.1. The largest absolute Gasteiger partial charge is 0.466 e. The summed E-state index contributed by atoms with van der Waals surface area (Å²) in [5.74, 6) is 1.06. The molecule has 1 aromatic rings. The number of piperidine rings is 1. The first kappa shape index (κ1) is 23.1. The van der Waals surface area contributed by atoms with E-state index < -0.39 is 11.2 Å². The van der Waals surface area contributed by atoms with Gasteiger partial charge in [0.15, 0.2) is 5.96 Å². The van der Waals surface area contributed by atoms with Crippen molar-refractivity contribution in [3.63, 3.8) is 0 Å². The number of carbonyl (C=O) groups excluding carboxylic acids is 1. The van der Waals surface area contributed by atoms with Crippen LogP contribution >= 0.6 is 0 Å². The molecule has 1 aromatic heterocycles. The number of guanidine groups is 1. The average Bonchev–Trinajstić information content (AvgIpc) is 3.18. The fourth-order valence-electron chi connectivity index (χ4n) is 3.23. The van der Waals surface area contributed by atoms with Gasteiger partial charge in [0.1, 0.15) is 17.0 Å². The fraction of sp³-hybridized carbons (Fsp3) is 0.714. The number of hydrogen-bond donors (Lipinski definition) is 3. The van der Waals surface area contributed by atoms with Crippen LogP contribution in [-0.2, 0) is 10.3 Å². The van der Waals surface area contributed by atoms with E-state index in [1.165, 1.54) is 6.26 Å². The van der Waals surface area contributed by atoms with E-state index in [4.69, 9.17) is 9.15 Å². The van der Waals surface area contributed by atoms with E-state index in [2.05, 4.69) is 15.6 Å². The third kappa shape index (κ3) is 7.27. The van der Waals surface area contributed by atoms with Crippen molar-refractivity contribution in [1.29, 1.82) is 0 Å². The van der Waals surface area contributed by atoms with Gasteiger partial charge in [0.25, 0.3) is 0 Å². The van der Waals surface area contributed by atoms with Gasteiger partial charge in [0.2, 0.25) is 0 Å². The number of carbonyl (C=O) groups is 1. The molecule has 0 bridgehead atoms. The number of furan rings is 1. The monoisotopic (exact) mass is 408 g/mol. The Kier molecular flexibility index (Phi) is 7.96. The highest BCUT2D eigenvalue weighted by molar-refractivity contribution is 5.80. The summed E-state index contributed by atoms with van der Waals surface area (Å²) >= 11 is 0. The second-order valence-electron chi connectivity index (χ2n) is 8.65. The lowest BCUT2D eigenvalue weighted by atomic mass is 10.0. The lowest BCUT2D eigenvalue weighted by Gasteiger charge is -2.37. The van der Waals surface area contributed by atoms with Gasteiger partial charge in [-0.1, -0.05) is 0 Å². The standard InChI is InChI=1S/C21H36N4O4/c1-6-22-18(24-15-21(5,27)17-11-9-13-28-17)23-14-16-10-7-8-12-25(16)19(26)29-20(2,3)4/h9,11,13,16,27H,6-8,10,12,14-15H2,1-5H3,(H2,22,23,24). The van der Waals surface area contributed by atoms with Gasteiger partial charge in [-0.2, -0.15) is 0 Å². The molecule has 3 N–H and O–H groups in total. The van der Waals surface area contributed by atoms with Crippen LogP contribution in [0.15, 0.2) is 27.8 Å². The van der Waals surface area contributed by atoms with Gasteiger partial charge in [0.05, 0.1) is 18.8 Å². The molecule has 164 valence electrons. The molecular weight excluding hydrogens is 372 g/mol. The van der Waals surface area contributed by atoms with Crippen molar-refractivity contribution in [2.24, 2.45) is 4.99 Å². The predicted molar refractivity (Wildman–Crippen MR) is 113 cm³/mol. The van der Waals surface area contributed by atoms with E-state index in [1.54, 1.807) is 19.1 Å². The molecule has 0 aromatic carbocycles. The minimum Gasteiger partial charge on any atom is -0.466 e. The third-order valence-electron chi connectivity index (χ3n) is 4.70. The molecule has 0 saturated carbocycles. The second kappa shape index (κ2) is 10.0. The first-order valence-electron chi connectivity index (χ1n) is 10.4. The summed E-state index contributed by atoms with van der Waals surface area (Å²) in [5, 5.41) is 17.1. The van der Waals surface area contributed by atoms with Crippen LogP contribution < -0.4 is 10.6 Å². The van der Waals surface area contributed by atoms with Crippen LogP contribution in [0.3, 0.4) is 0 Å². The van der Waals surface area contributed by atoms with Crippen molar-refractivity contribution in [2.75, 3.05) is 26.2 Å². The lowest BCUT2D eigenvalue weighted by molar-refractivity contribution is 0.0104. The van der Waals surface area contributed by atoms with Gasteiger partial charge in [-0.05, 0) is 66.0 Å². The van der Waals surface area contributed by atoms with Crippen molar-refractivity contribution >= 4 is 12.1 Å². The summed E-state index contributed by atoms with van der Waals surface area (Å²) in [6.07, 6.45) is 4.23. The molecule has 8 nitrogen and oxygen atoms in total. The number of likely N-dealkylation sites (tertiary alicyclic amines) is 1. The highest BCUT2D eigenvalue weighted by Gasteiger charge is 2.31. The molecule has 1 fully saturated rings. The lowest BCUT2D eigenvalue weighted by Crippen LogP contribution is -2.52. The van der Waals surface area contributed by atoms with Gasteiger partial charge in [-0.3, -0.25) is 0 Å². The zero-order valence-electron chi connectivity index (χ0n) is 18.3. The SMILES string of the molecule is CCNC(=NCC(C)(O)c1ccco1)NCC1CCCCN1C(=O)OC(C)(C)C. The van der Waals surface area contributed by atoms with E-state index in [0.29, 0.717) is 31.4 Å². The molecule has 1 aliphatic rings. The molecule has 29 heavy (non-hydrogen) atoms. The molecule has 1 aliphatic heterocycles. The highest BCUT2D eigenvalue weighted by Crippen LogP contribution is 2.22. The van der Waals surface area contributed by atoms with Crippen molar-refractivity contribution in [3.05, 3.63) is 24.2 Å². The zero-order chi connectivity index (χ0) is 21.5. The Bertz CT molecular complexity index is 665. The zero-order valence-corrected chi connectivity index (χ0v) is 18.3. The second-order valence-corrected chi connectivity index (χ2v) is 8.65. The fourth-order valence-corrected chi connectivity index (χ4v) is 3.23. The van der Waals surface area contributed by atoms with Gasteiger partial charge in [0, 0.05) is 19.6 Å². The van der Waals surface area contributed by atoms with Gasteiger partial charge in [-0.25, -0.2) is 9.79 Å². The van der Waals surface area contributed by atoms with E-state index in [9.17, 15) is 9.90 Å². The summed E-state index contributed by atoms with van der Waals surface area (Å²) in [5.41, 5.74) is -1.71. The van der Waals surface area contributed by atoms with Crippen LogP contribution in [0.2, 0.25) is 0 Å². The first-order valence-corrected chi connectivity index (χ1v) is 10.4. The van der Waals surface area contributed by atoms with Crippen LogP contribution in [0.25, 0.3) is 0 Å². The summed E-state index contributed by atoms with van der Waals surface area (Å²) in [4.78, 5) is 18.9. The molecule has 2 heterocycles. The van der Waals surface area contributed by atoms with Crippen molar-refractivity contribution in [3.8, 4) is 0 Å². The highest BCUT2D eigenvalue weighted by atomic mass is 16.6. The quantitative estimate of drug-likeness (QED) is 0.494. The van der Waals surface area contributed by atoms with E-state index in [0.717, 1.165) is 19.3 Å². The number of ether oxygens (including phenoxy) is 1. The Balaban J connectivity index is 1.99. The number of aliphatic imine (C=N–C) groups is 1. The summed E-state index contributed by atoms with van der Waals surface area (Å²) in [6.45, 7) is 11.4. The maximum absolute atomic E-state index is 12.6. The van der Waals surface area contributed by atoms with E-state index in [-0.39, 0.29) is 18.7 Å². The maximum atomic E-state index is 12.6. The number of rotatable bonds is 6. The molecule has 2 atom stereocenters. The van der Waals surface area contributed by atoms with Crippen LogP contribution in [0.1, 0.15) is 59.6 Å². The molecule has 2 unspecified atom stereocenters. The minimum atomic E-state index is -1.20. The number of aliphatic hydroxyl groups is 1. The van der Waals surface area contributed by atoms with Gasteiger partial charge < -0.3 is 29.8 Å². The Morgan fingerprint density at radius 1 is 1.34 bits per heavy atom. The Morgan fingerprint density at radius 2 is 2.10 bits per heavy atom. The van der Waals surface area contributed by atoms with Crippen molar-refractivity contribution in [2.45, 2.75) is 71.1 Å². The van der Waals surface area contributed by atoms with Gasteiger partial charge in [-0.15, -0.1) is 0 Å². The van der Waals surface area contributed by atoms with Crippen LogP contribution in [0.4, 0.5) is 4.79 Å². The minimum absolute atomic E-state index is 0.0352. The number of hydrogen-bond acceptors (Lipinski definition) is 5. The van der Waals surface area contributed by atoms with E-state index >= 15 is 0 Å². The molecule has 0 radical (unpaired) electrons. The molecule has 1 saturated heterocycles. The summed E-state index contributed by atoms with van der Waals surface area (Å²) < 4.78 is 10.9. The molecule has 0 spiro atoms. The maximum Gasteiger partial charge on any atom is 0.410 e. The van der Waals surface area contributed by atoms with Crippen molar-refractivity contribution in [1.82, 2.24) is 15.5 Å². The van der Waals surface area contributed by atoms with Crippen LogP contribution in [-0.4, -0.2) is 59.9 Å². The Hall–Kier alpha value is -2.22.